The Labute approximate surface area is 235 Å². The first-order valence-electron chi connectivity index (χ1n) is 16.7. The fourth-order valence-corrected chi connectivity index (χ4v) is 9.78. The summed E-state index contributed by atoms with van der Waals surface area (Å²) in [5.41, 5.74) is 2.43. The number of carbonyl (C=O) groups excluding carboxylic acids is 1. The minimum absolute atomic E-state index is 0.00475. The molecule has 3 saturated carbocycles. The average molecular weight is 529 g/mol. The van der Waals surface area contributed by atoms with Gasteiger partial charge in [-0.1, -0.05) is 98.1 Å². The molecule has 0 radical (unpaired) electrons. The van der Waals surface area contributed by atoms with E-state index in [1.54, 1.807) is 5.57 Å². The molecule has 0 aromatic heterocycles. The van der Waals surface area contributed by atoms with Crippen molar-refractivity contribution >= 4 is 6.16 Å². The van der Waals surface area contributed by atoms with Crippen molar-refractivity contribution in [2.45, 2.75) is 150 Å². The summed E-state index contributed by atoms with van der Waals surface area (Å²) in [6, 6.07) is 0. The SMILES string of the molecule is CCCCCCCOC(=O)OC1CC[C@@]2(C)C(=CCC3C2CC[C@@]2(C)C3CC[C@@H]2[C@H](C)CCCC(C)C)C1. The van der Waals surface area contributed by atoms with E-state index in [-0.39, 0.29) is 6.10 Å². The largest absolute Gasteiger partial charge is 0.508 e. The third-order valence-corrected chi connectivity index (χ3v) is 12.0. The summed E-state index contributed by atoms with van der Waals surface area (Å²) in [5, 5.41) is 0. The molecule has 3 fully saturated rings. The zero-order valence-electron chi connectivity index (χ0n) is 25.9. The zero-order valence-corrected chi connectivity index (χ0v) is 25.9. The molecule has 0 spiro atoms. The van der Waals surface area contributed by atoms with Crippen molar-refractivity contribution in [2.75, 3.05) is 6.61 Å². The zero-order chi connectivity index (χ0) is 27.3. The highest BCUT2D eigenvalue weighted by Crippen LogP contribution is 2.67. The first-order valence-corrected chi connectivity index (χ1v) is 16.7. The van der Waals surface area contributed by atoms with E-state index in [2.05, 4.69) is 47.6 Å². The molecule has 8 atom stereocenters. The molecule has 4 aliphatic rings. The number of fused-ring (bicyclic) bond motifs is 5. The van der Waals surface area contributed by atoms with Gasteiger partial charge in [-0.25, -0.2) is 4.79 Å². The van der Waals surface area contributed by atoms with Gasteiger partial charge in [-0.15, -0.1) is 0 Å². The predicted molar refractivity (Wildman–Crippen MR) is 158 cm³/mol. The number of unbranched alkanes of at least 4 members (excludes halogenated alkanes) is 4. The molecule has 3 heteroatoms. The lowest BCUT2D eigenvalue weighted by Crippen LogP contribution is -2.51. The lowest BCUT2D eigenvalue weighted by molar-refractivity contribution is -0.0617. The summed E-state index contributed by atoms with van der Waals surface area (Å²) in [6.07, 6.45) is 22.2. The molecule has 0 amide bonds. The second-order valence-corrected chi connectivity index (χ2v) is 14.8. The molecule has 4 rings (SSSR count). The summed E-state index contributed by atoms with van der Waals surface area (Å²) < 4.78 is 11.2. The van der Waals surface area contributed by atoms with Crippen molar-refractivity contribution in [3.8, 4) is 0 Å². The minimum Gasteiger partial charge on any atom is -0.434 e. The summed E-state index contributed by atoms with van der Waals surface area (Å²) in [6.45, 7) is 15.3. The molecule has 38 heavy (non-hydrogen) atoms. The molecule has 0 aromatic rings. The number of hydrogen-bond acceptors (Lipinski definition) is 3. The highest BCUT2D eigenvalue weighted by atomic mass is 16.7. The van der Waals surface area contributed by atoms with Gasteiger partial charge < -0.3 is 9.47 Å². The lowest BCUT2D eigenvalue weighted by atomic mass is 9.47. The van der Waals surface area contributed by atoms with E-state index in [0.29, 0.717) is 17.4 Å². The third-order valence-electron chi connectivity index (χ3n) is 12.0. The molecular formula is C35H60O3. The van der Waals surface area contributed by atoms with E-state index < -0.39 is 6.16 Å². The quantitative estimate of drug-likeness (QED) is 0.143. The molecule has 0 heterocycles. The van der Waals surface area contributed by atoms with Crippen molar-refractivity contribution in [3.63, 3.8) is 0 Å². The van der Waals surface area contributed by atoms with Crippen LogP contribution in [0.4, 0.5) is 4.79 Å². The third kappa shape index (κ3) is 6.49. The van der Waals surface area contributed by atoms with Crippen LogP contribution >= 0.6 is 0 Å². The van der Waals surface area contributed by atoms with E-state index in [1.807, 2.05) is 0 Å². The van der Waals surface area contributed by atoms with Gasteiger partial charge in [0, 0.05) is 6.42 Å². The van der Waals surface area contributed by atoms with E-state index in [0.717, 1.165) is 67.6 Å². The Bertz CT molecular complexity index is 801. The Kier molecular flexibility index (Phi) is 10.3. The Hall–Kier alpha value is -0.990. The molecule has 0 bridgehead atoms. The van der Waals surface area contributed by atoms with Crippen LogP contribution in [-0.2, 0) is 9.47 Å². The van der Waals surface area contributed by atoms with Gasteiger partial charge in [-0.3, -0.25) is 0 Å². The van der Waals surface area contributed by atoms with Gasteiger partial charge in [0.25, 0.3) is 0 Å². The monoisotopic (exact) mass is 528 g/mol. The number of allylic oxidation sites excluding steroid dienone is 1. The number of ether oxygens (including phenoxy) is 2. The summed E-state index contributed by atoms with van der Waals surface area (Å²) in [7, 11) is 0. The molecule has 0 N–H and O–H groups in total. The van der Waals surface area contributed by atoms with Crippen LogP contribution in [0.1, 0.15) is 144 Å². The standard InChI is InChI=1S/C35H60O3/c1-7-8-9-10-11-23-37-33(36)38-28-19-21-34(5)27(24-28)15-16-29-31-18-17-30(26(4)14-12-13-25(2)3)35(31,6)22-20-32(29)34/h15,25-26,28-32H,7-14,16-24H2,1-6H3/t26-,28?,29?,30-,31?,32?,34+,35-/m1/s1. The second kappa shape index (κ2) is 13.1. The van der Waals surface area contributed by atoms with E-state index in [9.17, 15) is 4.79 Å². The predicted octanol–water partition coefficient (Wildman–Crippen LogP) is 10.5. The fraction of sp³-hybridized carbons (Fsp3) is 0.914. The van der Waals surface area contributed by atoms with Crippen molar-refractivity contribution in [1.82, 2.24) is 0 Å². The van der Waals surface area contributed by atoms with E-state index in [4.69, 9.17) is 9.47 Å². The molecule has 3 nitrogen and oxygen atoms in total. The first-order chi connectivity index (χ1) is 18.2. The van der Waals surface area contributed by atoms with Gasteiger partial charge in [-0.2, -0.15) is 0 Å². The van der Waals surface area contributed by atoms with E-state index in [1.165, 1.54) is 70.6 Å². The van der Waals surface area contributed by atoms with Gasteiger partial charge in [-0.05, 0) is 97.7 Å². The smallest absolute Gasteiger partial charge is 0.434 e. The summed E-state index contributed by atoms with van der Waals surface area (Å²) >= 11 is 0. The molecule has 218 valence electrons. The van der Waals surface area contributed by atoms with Gasteiger partial charge in [0.1, 0.15) is 6.10 Å². The average Bonchev–Trinajstić information content (AvgIpc) is 3.23. The highest BCUT2D eigenvalue weighted by molar-refractivity contribution is 5.60. The van der Waals surface area contributed by atoms with Crippen molar-refractivity contribution < 1.29 is 14.3 Å². The normalized spacial score (nSPS) is 37.1. The number of carbonyl (C=O) groups is 1. The van der Waals surface area contributed by atoms with Crippen molar-refractivity contribution in [2.24, 2.45) is 46.3 Å². The second-order valence-electron chi connectivity index (χ2n) is 14.8. The Balaban J connectivity index is 1.31. The van der Waals surface area contributed by atoms with Gasteiger partial charge in [0.05, 0.1) is 6.61 Å². The van der Waals surface area contributed by atoms with Crippen LogP contribution in [-0.4, -0.2) is 18.9 Å². The Morgan fingerprint density at radius 3 is 2.50 bits per heavy atom. The molecule has 4 unspecified atom stereocenters. The molecule has 0 saturated heterocycles. The van der Waals surface area contributed by atoms with Gasteiger partial charge >= 0.3 is 6.16 Å². The molecule has 0 aliphatic heterocycles. The number of hydrogen-bond donors (Lipinski definition) is 0. The maximum Gasteiger partial charge on any atom is 0.508 e. The van der Waals surface area contributed by atoms with Gasteiger partial charge in [0.2, 0.25) is 0 Å². The maximum atomic E-state index is 12.3. The lowest BCUT2D eigenvalue weighted by Gasteiger charge is -2.58. The Morgan fingerprint density at radius 1 is 0.947 bits per heavy atom. The van der Waals surface area contributed by atoms with Crippen LogP contribution in [0.25, 0.3) is 0 Å². The van der Waals surface area contributed by atoms with Crippen LogP contribution in [0, 0.1) is 46.3 Å². The van der Waals surface area contributed by atoms with Gasteiger partial charge in [0.15, 0.2) is 0 Å². The van der Waals surface area contributed by atoms with Crippen LogP contribution < -0.4 is 0 Å². The first kappa shape index (κ1) is 30.0. The van der Waals surface area contributed by atoms with Crippen LogP contribution in [0.15, 0.2) is 11.6 Å². The Morgan fingerprint density at radius 2 is 1.74 bits per heavy atom. The minimum atomic E-state index is -0.448. The molecular weight excluding hydrogens is 468 g/mol. The molecule has 0 aromatic carbocycles. The molecule has 4 aliphatic carbocycles. The van der Waals surface area contributed by atoms with Crippen LogP contribution in [0.3, 0.4) is 0 Å². The fourth-order valence-electron chi connectivity index (χ4n) is 9.78. The van der Waals surface area contributed by atoms with Crippen molar-refractivity contribution in [3.05, 3.63) is 11.6 Å². The van der Waals surface area contributed by atoms with Crippen molar-refractivity contribution in [1.29, 1.82) is 0 Å². The van der Waals surface area contributed by atoms with E-state index >= 15 is 0 Å². The van der Waals surface area contributed by atoms with Crippen LogP contribution in [0.2, 0.25) is 0 Å². The van der Waals surface area contributed by atoms with Crippen LogP contribution in [0.5, 0.6) is 0 Å². The topological polar surface area (TPSA) is 35.5 Å². The maximum absolute atomic E-state index is 12.3. The highest BCUT2D eigenvalue weighted by Gasteiger charge is 2.59. The number of rotatable bonds is 12. The summed E-state index contributed by atoms with van der Waals surface area (Å²) in [5.74, 6) is 5.18. The summed E-state index contributed by atoms with van der Waals surface area (Å²) in [4.78, 5) is 12.3.